The summed E-state index contributed by atoms with van der Waals surface area (Å²) in [6, 6.07) is 0. The zero-order valence-electron chi connectivity index (χ0n) is 26.8. The van der Waals surface area contributed by atoms with Crippen LogP contribution in [0.3, 0.4) is 0 Å². The van der Waals surface area contributed by atoms with E-state index >= 15 is 0 Å². The molecule has 0 bridgehead atoms. The summed E-state index contributed by atoms with van der Waals surface area (Å²) in [7, 11) is 0. The lowest BCUT2D eigenvalue weighted by Crippen LogP contribution is -2.59. The Morgan fingerprint density at radius 2 is 1.17 bits per heavy atom. The van der Waals surface area contributed by atoms with E-state index in [0.717, 1.165) is 12.8 Å². The van der Waals surface area contributed by atoms with Gasteiger partial charge in [0.15, 0.2) is 6.29 Å². The normalized spacial score (nSPS) is 23.2. The summed E-state index contributed by atoms with van der Waals surface area (Å²) in [5.41, 5.74) is 0. The molecule has 6 atom stereocenters. The lowest BCUT2D eigenvalue weighted by molar-refractivity contribution is -0.305. The van der Waals surface area contributed by atoms with Gasteiger partial charge in [0.1, 0.15) is 30.5 Å². The zero-order chi connectivity index (χ0) is 30.8. The van der Waals surface area contributed by atoms with Gasteiger partial charge in [-0.1, -0.05) is 123 Å². The number of hydrogen-bond acceptors (Lipinski definition) is 9. The predicted molar refractivity (Wildman–Crippen MR) is 164 cm³/mol. The van der Waals surface area contributed by atoms with Gasteiger partial charge in [-0.3, -0.25) is 4.79 Å². The quantitative estimate of drug-likeness (QED) is 0.0667. The Morgan fingerprint density at radius 3 is 1.64 bits per heavy atom. The number of hydrogen-bond donors (Lipinski definition) is 4. The number of rotatable bonds is 28. The molecular weight excluding hydrogens is 540 g/mol. The van der Waals surface area contributed by atoms with E-state index in [2.05, 4.69) is 6.92 Å². The van der Waals surface area contributed by atoms with Crippen LogP contribution in [0.25, 0.3) is 0 Å². The molecule has 1 aliphatic heterocycles. The highest BCUT2D eigenvalue weighted by Crippen LogP contribution is 2.22. The second-order valence-electron chi connectivity index (χ2n) is 12.0. The molecule has 0 aliphatic carbocycles. The molecule has 0 amide bonds. The molecule has 1 rings (SSSR count). The fraction of sp³-hybridized carbons (Fsp3) is 0.970. The van der Waals surface area contributed by atoms with Crippen LogP contribution in [-0.2, 0) is 23.7 Å². The third-order valence-corrected chi connectivity index (χ3v) is 7.99. The van der Waals surface area contributed by atoms with Gasteiger partial charge >= 0.3 is 5.97 Å². The Morgan fingerprint density at radius 1 is 0.667 bits per heavy atom. The summed E-state index contributed by atoms with van der Waals surface area (Å²) in [5, 5.41) is 39.4. The minimum absolute atomic E-state index is 0.114. The second kappa shape index (κ2) is 26.6. The molecule has 1 fully saturated rings. The van der Waals surface area contributed by atoms with Gasteiger partial charge in [0.25, 0.3) is 0 Å². The van der Waals surface area contributed by atoms with E-state index in [0.29, 0.717) is 13.0 Å². The highest BCUT2D eigenvalue weighted by atomic mass is 16.7. The first kappa shape index (κ1) is 39.2. The van der Waals surface area contributed by atoms with Crippen LogP contribution < -0.4 is 0 Å². The second-order valence-corrected chi connectivity index (χ2v) is 12.0. The smallest absolute Gasteiger partial charge is 0.306 e. The van der Waals surface area contributed by atoms with E-state index in [-0.39, 0.29) is 25.6 Å². The number of carbonyl (C=O) groups is 1. The first-order chi connectivity index (χ1) is 20.4. The van der Waals surface area contributed by atoms with E-state index in [1.54, 1.807) is 0 Å². The van der Waals surface area contributed by atoms with Crippen LogP contribution in [-0.4, -0.2) is 89.6 Å². The van der Waals surface area contributed by atoms with Gasteiger partial charge in [0, 0.05) is 13.0 Å². The monoisotopic (exact) mass is 604 g/mol. The maximum Gasteiger partial charge on any atom is 0.306 e. The number of aliphatic hydroxyl groups excluding tert-OH is 4. The minimum atomic E-state index is -1.53. The molecule has 0 aromatic rings. The fourth-order valence-corrected chi connectivity index (χ4v) is 5.29. The Balaban J connectivity index is 2.08. The molecule has 1 aliphatic rings. The molecule has 0 radical (unpaired) electrons. The van der Waals surface area contributed by atoms with Crippen molar-refractivity contribution in [2.75, 3.05) is 26.4 Å². The van der Waals surface area contributed by atoms with Crippen molar-refractivity contribution in [2.45, 2.75) is 179 Å². The molecule has 42 heavy (non-hydrogen) atoms. The van der Waals surface area contributed by atoms with Crippen molar-refractivity contribution in [1.82, 2.24) is 0 Å². The summed E-state index contributed by atoms with van der Waals surface area (Å²) in [4.78, 5) is 12.1. The van der Waals surface area contributed by atoms with E-state index in [9.17, 15) is 25.2 Å². The molecule has 250 valence electrons. The van der Waals surface area contributed by atoms with Crippen molar-refractivity contribution in [2.24, 2.45) is 0 Å². The Kier molecular flexibility index (Phi) is 24.8. The Bertz CT molecular complexity index is 618. The molecule has 9 heteroatoms. The van der Waals surface area contributed by atoms with Crippen LogP contribution in [0.1, 0.15) is 142 Å². The summed E-state index contributed by atoms with van der Waals surface area (Å²) in [6.07, 6.45) is 17.2. The lowest BCUT2D eigenvalue weighted by Gasteiger charge is -2.39. The van der Waals surface area contributed by atoms with Gasteiger partial charge in [0.05, 0.1) is 19.8 Å². The highest BCUT2D eigenvalue weighted by Gasteiger charge is 2.44. The SMILES string of the molecule is CCCCCCCCCCCCCCCCCCCCOCC(COC1OC(CO)C(O)C(O)C1O)OC(=O)CCC. The summed E-state index contributed by atoms with van der Waals surface area (Å²) >= 11 is 0. The molecule has 6 unspecified atom stereocenters. The van der Waals surface area contributed by atoms with Crippen LogP contribution in [0.5, 0.6) is 0 Å². The molecule has 0 aromatic heterocycles. The van der Waals surface area contributed by atoms with Gasteiger partial charge in [-0.15, -0.1) is 0 Å². The first-order valence-electron chi connectivity index (χ1n) is 17.1. The van der Waals surface area contributed by atoms with E-state index in [1.165, 1.54) is 103 Å². The van der Waals surface area contributed by atoms with Crippen molar-refractivity contribution in [3.63, 3.8) is 0 Å². The Hall–Kier alpha value is -0.810. The van der Waals surface area contributed by atoms with Crippen molar-refractivity contribution in [3.8, 4) is 0 Å². The zero-order valence-corrected chi connectivity index (χ0v) is 26.8. The van der Waals surface area contributed by atoms with Gasteiger partial charge in [0.2, 0.25) is 0 Å². The van der Waals surface area contributed by atoms with Crippen LogP contribution in [0.2, 0.25) is 0 Å². The van der Waals surface area contributed by atoms with Crippen LogP contribution in [0.4, 0.5) is 0 Å². The average molecular weight is 605 g/mol. The number of unbranched alkanes of at least 4 members (excludes halogenated alkanes) is 17. The largest absolute Gasteiger partial charge is 0.457 e. The van der Waals surface area contributed by atoms with Crippen molar-refractivity contribution < 1.29 is 44.2 Å². The molecular formula is C33H64O9. The van der Waals surface area contributed by atoms with Gasteiger partial charge < -0.3 is 39.4 Å². The summed E-state index contributed by atoms with van der Waals surface area (Å²) < 4.78 is 22.2. The maximum absolute atomic E-state index is 12.1. The number of aliphatic hydroxyl groups is 4. The number of ether oxygens (including phenoxy) is 4. The predicted octanol–water partition coefficient (Wildman–Crippen LogP) is 5.57. The van der Waals surface area contributed by atoms with E-state index < -0.39 is 43.4 Å². The first-order valence-corrected chi connectivity index (χ1v) is 17.1. The summed E-state index contributed by atoms with van der Waals surface area (Å²) in [5.74, 6) is -0.364. The van der Waals surface area contributed by atoms with Crippen LogP contribution >= 0.6 is 0 Å². The van der Waals surface area contributed by atoms with Crippen LogP contribution in [0.15, 0.2) is 0 Å². The van der Waals surface area contributed by atoms with E-state index in [1.807, 2.05) is 6.92 Å². The molecule has 0 spiro atoms. The molecule has 4 N–H and O–H groups in total. The van der Waals surface area contributed by atoms with Crippen LogP contribution in [0, 0.1) is 0 Å². The topological polar surface area (TPSA) is 135 Å². The standard InChI is InChI=1S/C33H64O9/c1-3-5-6-7-8-9-10-11-12-13-14-15-16-17-18-19-20-21-23-39-25-27(41-29(35)22-4-2)26-40-33-32(38)31(37)30(36)28(24-34)42-33/h27-28,30-34,36-38H,3-26H2,1-2H3. The highest BCUT2D eigenvalue weighted by molar-refractivity contribution is 5.69. The van der Waals surface area contributed by atoms with Crippen molar-refractivity contribution in [1.29, 1.82) is 0 Å². The fourth-order valence-electron chi connectivity index (χ4n) is 5.29. The van der Waals surface area contributed by atoms with Gasteiger partial charge in [-0.05, 0) is 12.8 Å². The van der Waals surface area contributed by atoms with Gasteiger partial charge in [-0.2, -0.15) is 0 Å². The number of carbonyl (C=O) groups excluding carboxylic acids is 1. The van der Waals surface area contributed by atoms with Crippen molar-refractivity contribution in [3.05, 3.63) is 0 Å². The minimum Gasteiger partial charge on any atom is -0.457 e. The summed E-state index contributed by atoms with van der Waals surface area (Å²) in [6.45, 7) is 4.20. The molecule has 1 heterocycles. The molecule has 0 aromatic carbocycles. The average Bonchev–Trinajstić information content (AvgIpc) is 2.98. The van der Waals surface area contributed by atoms with E-state index in [4.69, 9.17) is 18.9 Å². The van der Waals surface area contributed by atoms with Crippen molar-refractivity contribution >= 4 is 5.97 Å². The Labute approximate surface area is 255 Å². The third kappa shape index (κ3) is 18.8. The molecule has 1 saturated heterocycles. The maximum atomic E-state index is 12.1. The number of esters is 1. The lowest BCUT2D eigenvalue weighted by atomic mass is 9.99. The third-order valence-electron chi connectivity index (χ3n) is 7.99. The molecule has 0 saturated carbocycles. The van der Waals surface area contributed by atoms with Gasteiger partial charge in [-0.25, -0.2) is 0 Å². The molecule has 9 nitrogen and oxygen atoms in total.